The summed E-state index contributed by atoms with van der Waals surface area (Å²) >= 11 is 5.78. The number of anilines is 2. The summed E-state index contributed by atoms with van der Waals surface area (Å²) in [5.41, 5.74) is 1.68. The summed E-state index contributed by atoms with van der Waals surface area (Å²) in [7, 11) is 0. The number of nitrogens with one attached hydrogen (secondary N) is 1. The van der Waals surface area contributed by atoms with Crippen LogP contribution >= 0.6 is 11.6 Å². The number of aromatic nitrogens is 4. The molecular weight excluding hydrogens is 360 g/mol. The van der Waals surface area contributed by atoms with E-state index in [0.29, 0.717) is 11.4 Å². The van der Waals surface area contributed by atoms with Gasteiger partial charge in [0, 0.05) is 23.1 Å². The summed E-state index contributed by atoms with van der Waals surface area (Å²) in [4.78, 5) is 26.4. The van der Waals surface area contributed by atoms with Crippen LogP contribution in [0.3, 0.4) is 0 Å². The summed E-state index contributed by atoms with van der Waals surface area (Å²) in [6, 6.07) is 8.83. The van der Waals surface area contributed by atoms with Crippen LogP contribution < -0.4 is 10.1 Å². The van der Waals surface area contributed by atoms with E-state index in [4.69, 9.17) is 16.3 Å². The van der Waals surface area contributed by atoms with Crippen LogP contribution in [-0.2, 0) is 0 Å². The normalized spacial score (nSPS) is 10.4. The Kier molecular flexibility index (Phi) is 4.90. The number of hydrogen-bond donors (Lipinski definition) is 1. The Morgan fingerprint density at radius 3 is 2.58 bits per heavy atom. The van der Waals surface area contributed by atoms with Crippen LogP contribution in [-0.4, -0.2) is 24.9 Å². The predicted molar refractivity (Wildman–Crippen MR) is 95.0 cm³/mol. The first-order valence-corrected chi connectivity index (χ1v) is 7.82. The Balaban J connectivity index is 1.87. The van der Waals surface area contributed by atoms with Crippen molar-refractivity contribution < 1.29 is 9.66 Å². The van der Waals surface area contributed by atoms with Crippen LogP contribution in [0.2, 0.25) is 5.15 Å². The third-order valence-corrected chi connectivity index (χ3v) is 3.50. The van der Waals surface area contributed by atoms with E-state index in [1.807, 2.05) is 19.9 Å². The summed E-state index contributed by atoms with van der Waals surface area (Å²) < 4.78 is 5.66. The average molecular weight is 373 g/mol. The molecular formula is C16H13ClN6O3. The number of halogens is 1. The van der Waals surface area contributed by atoms with Gasteiger partial charge >= 0.3 is 11.7 Å². The van der Waals surface area contributed by atoms with E-state index in [1.165, 1.54) is 0 Å². The smallest absolute Gasteiger partial charge is 0.348 e. The van der Waals surface area contributed by atoms with Crippen molar-refractivity contribution in [2.24, 2.45) is 0 Å². The van der Waals surface area contributed by atoms with Gasteiger partial charge in [0.25, 0.3) is 0 Å². The highest BCUT2D eigenvalue weighted by Gasteiger charge is 2.21. The molecule has 0 unspecified atom stereocenters. The van der Waals surface area contributed by atoms with Crippen molar-refractivity contribution in [2.75, 3.05) is 5.32 Å². The highest BCUT2D eigenvalue weighted by molar-refractivity contribution is 6.31. The van der Waals surface area contributed by atoms with E-state index in [-0.39, 0.29) is 17.0 Å². The topological polar surface area (TPSA) is 116 Å². The van der Waals surface area contributed by atoms with E-state index in [0.717, 1.165) is 17.7 Å². The minimum Gasteiger partial charge on any atom is -0.424 e. The predicted octanol–water partition coefficient (Wildman–Crippen LogP) is 3.98. The third-order valence-electron chi connectivity index (χ3n) is 3.23. The molecule has 1 N–H and O–H groups in total. The van der Waals surface area contributed by atoms with Gasteiger partial charge in [-0.3, -0.25) is 10.1 Å². The van der Waals surface area contributed by atoms with Gasteiger partial charge in [0.05, 0.1) is 4.92 Å². The zero-order valence-corrected chi connectivity index (χ0v) is 14.6. The number of hydrogen-bond acceptors (Lipinski definition) is 8. The zero-order chi connectivity index (χ0) is 18.7. The summed E-state index contributed by atoms with van der Waals surface area (Å²) in [5.74, 6) is 0.442. The van der Waals surface area contributed by atoms with E-state index in [1.54, 1.807) is 24.3 Å². The maximum atomic E-state index is 11.2. The Morgan fingerprint density at radius 1 is 1.15 bits per heavy atom. The quantitative estimate of drug-likeness (QED) is 0.406. The van der Waals surface area contributed by atoms with Gasteiger partial charge < -0.3 is 10.1 Å². The second-order valence-electron chi connectivity index (χ2n) is 5.31. The summed E-state index contributed by atoms with van der Waals surface area (Å²) in [5, 5.41) is 13.8. The first-order chi connectivity index (χ1) is 12.4. The van der Waals surface area contributed by atoms with Gasteiger partial charge in [0.1, 0.15) is 12.1 Å². The number of aryl methyl sites for hydroxylation is 2. The Hall–Kier alpha value is -3.33. The number of ether oxygens (including phenoxy) is 1. The van der Waals surface area contributed by atoms with Crippen molar-refractivity contribution in [3.05, 3.63) is 63.3 Å². The second kappa shape index (κ2) is 7.28. The molecule has 10 heteroatoms. The maximum absolute atomic E-state index is 11.2. The van der Waals surface area contributed by atoms with Crippen molar-refractivity contribution in [1.82, 2.24) is 19.9 Å². The third kappa shape index (κ3) is 4.01. The number of nitro groups is 1. The fourth-order valence-electron chi connectivity index (χ4n) is 2.23. The number of rotatable bonds is 5. The molecule has 2 aromatic heterocycles. The van der Waals surface area contributed by atoms with Gasteiger partial charge in [0.2, 0.25) is 11.0 Å². The minimum atomic E-state index is -0.644. The lowest BCUT2D eigenvalue weighted by Gasteiger charge is -2.09. The van der Waals surface area contributed by atoms with Crippen LogP contribution in [0.1, 0.15) is 11.4 Å². The molecule has 132 valence electrons. The fourth-order valence-corrected chi connectivity index (χ4v) is 2.43. The molecule has 0 amide bonds. The highest BCUT2D eigenvalue weighted by Crippen LogP contribution is 2.31. The number of benzene rings is 1. The molecule has 0 aliphatic carbocycles. The molecule has 2 heterocycles. The van der Waals surface area contributed by atoms with E-state index in [2.05, 4.69) is 25.3 Å². The van der Waals surface area contributed by atoms with Crippen molar-refractivity contribution >= 4 is 28.8 Å². The van der Waals surface area contributed by atoms with Gasteiger partial charge in [-0.2, -0.15) is 0 Å². The van der Waals surface area contributed by atoms with E-state index in [9.17, 15) is 10.1 Å². The van der Waals surface area contributed by atoms with Crippen molar-refractivity contribution in [1.29, 1.82) is 0 Å². The van der Waals surface area contributed by atoms with Crippen LogP contribution in [0, 0.1) is 24.0 Å². The molecule has 0 saturated carbocycles. The first-order valence-electron chi connectivity index (χ1n) is 7.44. The van der Waals surface area contributed by atoms with Gasteiger partial charge in [-0.1, -0.05) is 17.7 Å². The lowest BCUT2D eigenvalue weighted by molar-refractivity contribution is -0.384. The van der Waals surface area contributed by atoms with Gasteiger partial charge in [-0.15, -0.1) is 0 Å². The molecule has 0 fully saturated rings. The monoisotopic (exact) mass is 372 g/mol. The van der Waals surface area contributed by atoms with E-state index < -0.39 is 10.6 Å². The van der Waals surface area contributed by atoms with Gasteiger partial charge in [-0.25, -0.2) is 19.9 Å². The van der Waals surface area contributed by atoms with Gasteiger partial charge in [0.15, 0.2) is 0 Å². The Labute approximate surface area is 153 Å². The zero-order valence-electron chi connectivity index (χ0n) is 13.8. The standard InChI is InChI=1S/C16H13ClN6O3/c1-9-6-10(2)21-16(20-9)26-12-5-3-4-11(7-12)22-15-13(23(24)25)14(17)18-8-19-15/h3-8H,1-2H3,(H,18,19,22). The molecule has 0 bridgehead atoms. The van der Waals surface area contributed by atoms with Gasteiger partial charge in [-0.05, 0) is 32.0 Å². The molecule has 3 aromatic rings. The second-order valence-corrected chi connectivity index (χ2v) is 5.66. The van der Waals surface area contributed by atoms with E-state index >= 15 is 0 Å². The SMILES string of the molecule is Cc1cc(C)nc(Oc2cccc(Nc3ncnc(Cl)c3[N+](=O)[O-])c2)n1. The average Bonchev–Trinajstić information content (AvgIpc) is 2.54. The fraction of sp³-hybridized carbons (Fsp3) is 0.125. The molecule has 0 atom stereocenters. The van der Waals surface area contributed by atoms with Crippen molar-refractivity contribution in [3.8, 4) is 11.8 Å². The van der Waals surface area contributed by atoms with Crippen LogP contribution in [0.5, 0.6) is 11.8 Å². The largest absolute Gasteiger partial charge is 0.424 e. The summed E-state index contributed by atoms with van der Waals surface area (Å²) in [6.45, 7) is 3.69. The van der Waals surface area contributed by atoms with Crippen LogP contribution in [0.15, 0.2) is 36.7 Å². The highest BCUT2D eigenvalue weighted by atomic mass is 35.5. The molecule has 3 rings (SSSR count). The minimum absolute atomic E-state index is 0.0187. The summed E-state index contributed by atoms with van der Waals surface area (Å²) in [6.07, 6.45) is 1.14. The van der Waals surface area contributed by atoms with Crippen LogP contribution in [0.4, 0.5) is 17.2 Å². The molecule has 0 spiro atoms. The lowest BCUT2D eigenvalue weighted by atomic mass is 10.3. The molecule has 0 aliphatic heterocycles. The Morgan fingerprint density at radius 2 is 1.88 bits per heavy atom. The number of nitrogens with zero attached hydrogens (tertiary/aromatic N) is 5. The molecule has 0 aliphatic rings. The van der Waals surface area contributed by atoms with Crippen molar-refractivity contribution in [3.63, 3.8) is 0 Å². The molecule has 1 aromatic carbocycles. The molecule has 26 heavy (non-hydrogen) atoms. The lowest BCUT2D eigenvalue weighted by Crippen LogP contribution is -2.02. The maximum Gasteiger partial charge on any atom is 0.348 e. The van der Waals surface area contributed by atoms with Crippen molar-refractivity contribution in [2.45, 2.75) is 13.8 Å². The molecule has 9 nitrogen and oxygen atoms in total. The molecule has 0 saturated heterocycles. The Bertz CT molecular complexity index is 962. The molecule has 0 radical (unpaired) electrons. The van der Waals surface area contributed by atoms with Crippen LogP contribution in [0.25, 0.3) is 0 Å². The first kappa shape index (κ1) is 17.5.